The van der Waals surface area contributed by atoms with Gasteiger partial charge >= 0.3 is 0 Å². The Morgan fingerprint density at radius 3 is 2.95 bits per heavy atom. The number of aryl methyl sites for hydroxylation is 1. The lowest BCUT2D eigenvalue weighted by atomic mass is 10.1. The third kappa shape index (κ3) is 1.96. The van der Waals surface area contributed by atoms with Gasteiger partial charge in [-0.2, -0.15) is 0 Å². The van der Waals surface area contributed by atoms with Gasteiger partial charge in [0.05, 0.1) is 18.8 Å². The molecule has 2 unspecified atom stereocenters. The SMILES string of the molecule is CCc1ccc2c(c1)NC1Cc3ccc(OC)cc3C1O2. The van der Waals surface area contributed by atoms with Crippen LogP contribution in [0.1, 0.15) is 29.7 Å². The van der Waals surface area contributed by atoms with E-state index in [1.807, 2.05) is 6.07 Å². The molecule has 108 valence electrons. The molecule has 2 aromatic carbocycles. The summed E-state index contributed by atoms with van der Waals surface area (Å²) < 4.78 is 11.6. The molecule has 0 fully saturated rings. The van der Waals surface area contributed by atoms with Crippen molar-refractivity contribution < 1.29 is 9.47 Å². The van der Waals surface area contributed by atoms with Crippen LogP contribution >= 0.6 is 0 Å². The van der Waals surface area contributed by atoms with E-state index in [-0.39, 0.29) is 6.10 Å². The van der Waals surface area contributed by atoms with Crippen molar-refractivity contribution in [3.63, 3.8) is 0 Å². The first kappa shape index (κ1) is 12.6. The number of methoxy groups -OCH3 is 1. The van der Waals surface area contributed by atoms with Gasteiger partial charge in [-0.3, -0.25) is 0 Å². The van der Waals surface area contributed by atoms with Crippen LogP contribution in [-0.2, 0) is 12.8 Å². The summed E-state index contributed by atoms with van der Waals surface area (Å²) in [6, 6.07) is 13.0. The maximum atomic E-state index is 6.26. The molecule has 0 radical (unpaired) electrons. The van der Waals surface area contributed by atoms with Gasteiger partial charge in [-0.05, 0) is 48.2 Å². The summed E-state index contributed by atoms with van der Waals surface area (Å²) in [6.45, 7) is 2.17. The van der Waals surface area contributed by atoms with Crippen molar-refractivity contribution in [2.75, 3.05) is 12.4 Å². The Hall–Kier alpha value is -2.16. The number of hydrogen-bond acceptors (Lipinski definition) is 3. The summed E-state index contributed by atoms with van der Waals surface area (Å²) in [5.74, 6) is 1.84. The van der Waals surface area contributed by atoms with E-state index in [4.69, 9.17) is 9.47 Å². The highest BCUT2D eigenvalue weighted by molar-refractivity contribution is 5.62. The monoisotopic (exact) mass is 281 g/mol. The van der Waals surface area contributed by atoms with Gasteiger partial charge < -0.3 is 14.8 Å². The molecular formula is C18H19NO2. The van der Waals surface area contributed by atoms with E-state index in [9.17, 15) is 0 Å². The predicted octanol–water partition coefficient (Wildman–Crippen LogP) is 3.73. The van der Waals surface area contributed by atoms with Crippen molar-refractivity contribution in [1.29, 1.82) is 0 Å². The normalized spacial score (nSPS) is 21.6. The summed E-state index contributed by atoms with van der Waals surface area (Å²) in [4.78, 5) is 0. The van der Waals surface area contributed by atoms with E-state index in [2.05, 4.69) is 42.6 Å². The number of hydrogen-bond donors (Lipinski definition) is 1. The second kappa shape index (κ2) is 4.69. The second-order valence-electron chi connectivity index (χ2n) is 5.74. The van der Waals surface area contributed by atoms with Crippen LogP contribution in [0.5, 0.6) is 11.5 Å². The molecule has 1 N–H and O–H groups in total. The Bertz CT molecular complexity index is 696. The predicted molar refractivity (Wildman–Crippen MR) is 83.3 cm³/mol. The van der Waals surface area contributed by atoms with E-state index in [0.717, 1.165) is 30.0 Å². The Balaban J connectivity index is 1.71. The van der Waals surface area contributed by atoms with Crippen LogP contribution in [0.4, 0.5) is 5.69 Å². The van der Waals surface area contributed by atoms with E-state index >= 15 is 0 Å². The lowest BCUT2D eigenvalue weighted by Crippen LogP contribution is -2.32. The lowest BCUT2D eigenvalue weighted by Gasteiger charge is -2.31. The third-order valence-corrected chi connectivity index (χ3v) is 4.51. The van der Waals surface area contributed by atoms with Gasteiger partial charge in [0.1, 0.15) is 17.6 Å². The van der Waals surface area contributed by atoms with Crippen molar-refractivity contribution in [2.24, 2.45) is 0 Å². The Kier molecular flexibility index (Phi) is 2.81. The number of anilines is 1. The van der Waals surface area contributed by atoms with E-state index in [1.165, 1.54) is 16.7 Å². The average Bonchev–Trinajstić information content (AvgIpc) is 2.88. The number of rotatable bonds is 2. The molecule has 2 aromatic rings. The molecule has 4 rings (SSSR count). The molecule has 0 amide bonds. The summed E-state index contributed by atoms with van der Waals surface area (Å²) in [6.07, 6.45) is 2.12. The molecule has 0 bridgehead atoms. The molecule has 21 heavy (non-hydrogen) atoms. The fourth-order valence-corrected chi connectivity index (χ4v) is 3.33. The van der Waals surface area contributed by atoms with E-state index in [0.29, 0.717) is 6.04 Å². The minimum atomic E-state index is 0.0788. The molecule has 3 heteroatoms. The minimum Gasteiger partial charge on any atom is -0.497 e. The van der Waals surface area contributed by atoms with Crippen molar-refractivity contribution in [2.45, 2.75) is 31.9 Å². The second-order valence-corrected chi connectivity index (χ2v) is 5.74. The molecule has 0 spiro atoms. The average molecular weight is 281 g/mol. The van der Waals surface area contributed by atoms with E-state index < -0.39 is 0 Å². The van der Waals surface area contributed by atoms with Gasteiger partial charge in [0.15, 0.2) is 0 Å². The van der Waals surface area contributed by atoms with Gasteiger partial charge in [0, 0.05) is 5.56 Å². The topological polar surface area (TPSA) is 30.5 Å². The van der Waals surface area contributed by atoms with Crippen molar-refractivity contribution in [1.82, 2.24) is 0 Å². The van der Waals surface area contributed by atoms with E-state index in [1.54, 1.807) is 7.11 Å². The molecule has 0 saturated carbocycles. The number of nitrogens with one attached hydrogen (secondary N) is 1. The zero-order valence-electron chi connectivity index (χ0n) is 12.3. The van der Waals surface area contributed by atoms with Gasteiger partial charge in [-0.1, -0.05) is 19.1 Å². The molecule has 1 heterocycles. The largest absolute Gasteiger partial charge is 0.497 e. The highest BCUT2D eigenvalue weighted by Gasteiger charge is 2.38. The molecule has 2 atom stereocenters. The first-order valence-corrected chi connectivity index (χ1v) is 7.51. The molecule has 1 aliphatic carbocycles. The fourth-order valence-electron chi connectivity index (χ4n) is 3.33. The van der Waals surface area contributed by atoms with Crippen LogP contribution in [0.3, 0.4) is 0 Å². The Morgan fingerprint density at radius 2 is 2.14 bits per heavy atom. The molecule has 0 saturated heterocycles. The molecular weight excluding hydrogens is 262 g/mol. The van der Waals surface area contributed by atoms with Crippen molar-refractivity contribution in [3.8, 4) is 11.5 Å². The summed E-state index contributed by atoms with van der Waals surface area (Å²) >= 11 is 0. The molecule has 1 aliphatic heterocycles. The Labute approximate surface area is 124 Å². The zero-order valence-corrected chi connectivity index (χ0v) is 12.3. The molecule has 0 aromatic heterocycles. The molecule has 2 aliphatic rings. The maximum Gasteiger partial charge on any atom is 0.145 e. The highest BCUT2D eigenvalue weighted by Crippen LogP contribution is 2.44. The van der Waals surface area contributed by atoms with Crippen LogP contribution in [-0.4, -0.2) is 13.2 Å². The number of benzene rings is 2. The van der Waals surface area contributed by atoms with Gasteiger partial charge in [0.2, 0.25) is 0 Å². The van der Waals surface area contributed by atoms with Gasteiger partial charge in [0.25, 0.3) is 0 Å². The van der Waals surface area contributed by atoms with Crippen LogP contribution in [0, 0.1) is 0 Å². The van der Waals surface area contributed by atoms with Gasteiger partial charge in [-0.25, -0.2) is 0 Å². The van der Waals surface area contributed by atoms with Crippen LogP contribution in [0.25, 0.3) is 0 Å². The maximum absolute atomic E-state index is 6.26. The summed E-state index contributed by atoms with van der Waals surface area (Å²) in [5.41, 5.74) is 5.05. The lowest BCUT2D eigenvalue weighted by molar-refractivity contribution is 0.183. The number of ether oxygens (including phenoxy) is 2. The first-order valence-electron chi connectivity index (χ1n) is 7.51. The van der Waals surface area contributed by atoms with Crippen molar-refractivity contribution in [3.05, 3.63) is 53.1 Å². The quantitative estimate of drug-likeness (QED) is 0.910. The third-order valence-electron chi connectivity index (χ3n) is 4.51. The van der Waals surface area contributed by atoms with Gasteiger partial charge in [-0.15, -0.1) is 0 Å². The first-order chi connectivity index (χ1) is 10.3. The Morgan fingerprint density at radius 1 is 1.24 bits per heavy atom. The smallest absolute Gasteiger partial charge is 0.145 e. The fraction of sp³-hybridized carbons (Fsp3) is 0.333. The minimum absolute atomic E-state index is 0.0788. The summed E-state index contributed by atoms with van der Waals surface area (Å²) in [5, 5.41) is 3.65. The molecule has 3 nitrogen and oxygen atoms in total. The van der Waals surface area contributed by atoms with Crippen LogP contribution < -0.4 is 14.8 Å². The van der Waals surface area contributed by atoms with Crippen LogP contribution in [0.15, 0.2) is 36.4 Å². The standard InChI is InChI=1S/C18H19NO2/c1-3-11-4-7-17-15(8-11)19-16-9-12-5-6-13(20-2)10-14(12)18(16)21-17/h4-8,10,16,18-19H,3,9H2,1-2H3. The number of fused-ring (bicyclic) bond motifs is 4. The van der Waals surface area contributed by atoms with Crippen LogP contribution in [0.2, 0.25) is 0 Å². The zero-order chi connectivity index (χ0) is 14.4. The van der Waals surface area contributed by atoms with Crippen molar-refractivity contribution >= 4 is 5.69 Å². The highest BCUT2D eigenvalue weighted by atomic mass is 16.5. The summed E-state index contributed by atoms with van der Waals surface area (Å²) in [7, 11) is 1.70.